The summed E-state index contributed by atoms with van der Waals surface area (Å²) in [5.74, 6) is -1.38. The van der Waals surface area contributed by atoms with Gasteiger partial charge >= 0.3 is 0 Å². The molecule has 2 aromatic carbocycles. The number of hydrazine groups is 1. The SMILES string of the molecule is CCNS(=O)(=O)c1ccc(C(=O)NNC(=O)[C@H](C)Oc2ccc(F)cc2)cc1. The fourth-order valence-electron chi connectivity index (χ4n) is 2.12. The minimum Gasteiger partial charge on any atom is -0.481 e. The molecule has 0 aliphatic heterocycles. The molecule has 2 amide bonds. The highest BCUT2D eigenvalue weighted by Gasteiger charge is 2.17. The molecular formula is C18H20FN3O5S. The van der Waals surface area contributed by atoms with Crippen molar-refractivity contribution >= 4 is 21.8 Å². The predicted molar refractivity (Wildman–Crippen MR) is 99.4 cm³/mol. The Labute approximate surface area is 162 Å². The van der Waals surface area contributed by atoms with Gasteiger partial charge in [0.25, 0.3) is 11.8 Å². The van der Waals surface area contributed by atoms with Crippen molar-refractivity contribution in [2.75, 3.05) is 6.54 Å². The third kappa shape index (κ3) is 5.76. The largest absolute Gasteiger partial charge is 0.481 e. The smallest absolute Gasteiger partial charge is 0.279 e. The highest BCUT2D eigenvalue weighted by molar-refractivity contribution is 7.89. The van der Waals surface area contributed by atoms with E-state index < -0.39 is 33.8 Å². The van der Waals surface area contributed by atoms with E-state index >= 15 is 0 Å². The Kier molecular flexibility index (Phi) is 7.07. The van der Waals surface area contributed by atoms with E-state index in [2.05, 4.69) is 15.6 Å². The quantitative estimate of drug-likeness (QED) is 0.598. The summed E-state index contributed by atoms with van der Waals surface area (Å²) >= 11 is 0. The molecule has 0 saturated heterocycles. The summed E-state index contributed by atoms with van der Waals surface area (Å²) in [5.41, 5.74) is 4.58. The third-order valence-corrected chi connectivity index (χ3v) is 5.12. The number of hydrogen-bond acceptors (Lipinski definition) is 5. The average Bonchev–Trinajstić information content (AvgIpc) is 2.67. The van der Waals surface area contributed by atoms with Crippen LogP contribution in [0, 0.1) is 5.82 Å². The van der Waals surface area contributed by atoms with Crippen LogP contribution in [-0.4, -0.2) is 32.9 Å². The van der Waals surface area contributed by atoms with Crippen molar-refractivity contribution in [3.63, 3.8) is 0 Å². The summed E-state index contributed by atoms with van der Waals surface area (Å²) in [6, 6.07) is 10.4. The van der Waals surface area contributed by atoms with E-state index in [1.54, 1.807) is 6.92 Å². The van der Waals surface area contributed by atoms with Gasteiger partial charge in [0.05, 0.1) is 4.90 Å². The molecule has 0 heterocycles. The van der Waals surface area contributed by atoms with Gasteiger partial charge < -0.3 is 4.74 Å². The van der Waals surface area contributed by atoms with E-state index in [9.17, 15) is 22.4 Å². The maximum atomic E-state index is 12.9. The number of halogens is 1. The van der Waals surface area contributed by atoms with Crippen LogP contribution < -0.4 is 20.3 Å². The van der Waals surface area contributed by atoms with Crippen molar-refractivity contribution in [2.45, 2.75) is 24.8 Å². The van der Waals surface area contributed by atoms with Crippen LogP contribution >= 0.6 is 0 Å². The molecule has 0 aliphatic rings. The van der Waals surface area contributed by atoms with Crippen molar-refractivity contribution in [3.05, 3.63) is 59.9 Å². The number of carbonyl (C=O) groups is 2. The van der Waals surface area contributed by atoms with Gasteiger partial charge in [-0.15, -0.1) is 0 Å². The van der Waals surface area contributed by atoms with Crippen LogP contribution in [0.4, 0.5) is 4.39 Å². The molecule has 8 nitrogen and oxygen atoms in total. The molecule has 0 fully saturated rings. The van der Waals surface area contributed by atoms with E-state index in [1.165, 1.54) is 55.5 Å². The van der Waals surface area contributed by atoms with Gasteiger partial charge in [0.2, 0.25) is 10.0 Å². The van der Waals surface area contributed by atoms with Gasteiger partial charge in [-0.1, -0.05) is 6.92 Å². The number of benzene rings is 2. The van der Waals surface area contributed by atoms with Gasteiger partial charge in [0, 0.05) is 12.1 Å². The lowest BCUT2D eigenvalue weighted by Gasteiger charge is -2.15. The molecule has 0 radical (unpaired) electrons. The van der Waals surface area contributed by atoms with Crippen LogP contribution in [0.1, 0.15) is 24.2 Å². The first-order valence-electron chi connectivity index (χ1n) is 8.35. The van der Waals surface area contributed by atoms with Gasteiger partial charge in [0.15, 0.2) is 6.10 Å². The first-order valence-corrected chi connectivity index (χ1v) is 9.83. The molecule has 0 bridgehead atoms. The molecule has 0 aromatic heterocycles. The number of hydrogen-bond donors (Lipinski definition) is 3. The highest BCUT2D eigenvalue weighted by Crippen LogP contribution is 2.13. The number of nitrogens with one attached hydrogen (secondary N) is 3. The Morgan fingerprint density at radius 3 is 2.21 bits per heavy atom. The summed E-state index contributed by atoms with van der Waals surface area (Å²) in [5, 5.41) is 0. The molecular weight excluding hydrogens is 389 g/mol. The summed E-state index contributed by atoms with van der Waals surface area (Å²) in [7, 11) is -3.61. The van der Waals surface area contributed by atoms with E-state index in [4.69, 9.17) is 4.74 Å². The normalized spacial score (nSPS) is 12.1. The average molecular weight is 409 g/mol. The number of rotatable bonds is 7. The van der Waals surface area contributed by atoms with Crippen molar-refractivity contribution in [2.24, 2.45) is 0 Å². The lowest BCUT2D eigenvalue weighted by Crippen LogP contribution is -2.47. The number of ether oxygens (including phenoxy) is 1. The molecule has 28 heavy (non-hydrogen) atoms. The minimum absolute atomic E-state index is 0.0243. The van der Waals surface area contributed by atoms with Crippen molar-refractivity contribution in [1.82, 2.24) is 15.6 Å². The Hall–Kier alpha value is -2.98. The predicted octanol–water partition coefficient (Wildman–Crippen LogP) is 1.35. The Bertz CT molecular complexity index is 931. The van der Waals surface area contributed by atoms with E-state index in [0.717, 1.165) is 0 Å². The molecule has 2 aromatic rings. The zero-order valence-electron chi connectivity index (χ0n) is 15.2. The van der Waals surface area contributed by atoms with Crippen LogP contribution in [0.5, 0.6) is 5.75 Å². The zero-order chi connectivity index (χ0) is 20.7. The molecule has 10 heteroatoms. The third-order valence-electron chi connectivity index (χ3n) is 3.56. The lowest BCUT2D eigenvalue weighted by atomic mass is 10.2. The molecule has 2 rings (SSSR count). The first-order chi connectivity index (χ1) is 13.2. The Balaban J connectivity index is 1.90. The van der Waals surface area contributed by atoms with Gasteiger partial charge in [-0.2, -0.15) is 0 Å². The Morgan fingerprint density at radius 2 is 1.64 bits per heavy atom. The van der Waals surface area contributed by atoms with E-state index in [-0.39, 0.29) is 17.0 Å². The fourth-order valence-corrected chi connectivity index (χ4v) is 3.16. The van der Waals surface area contributed by atoms with Gasteiger partial charge in [-0.05, 0) is 55.5 Å². The van der Waals surface area contributed by atoms with E-state index in [0.29, 0.717) is 5.75 Å². The first kappa shape index (κ1) is 21.3. The molecule has 1 atom stereocenters. The maximum Gasteiger partial charge on any atom is 0.279 e. The number of amides is 2. The second-order valence-electron chi connectivity index (χ2n) is 5.68. The van der Waals surface area contributed by atoms with Crippen LogP contribution in [0.15, 0.2) is 53.4 Å². The molecule has 0 unspecified atom stereocenters. The maximum absolute atomic E-state index is 12.9. The van der Waals surface area contributed by atoms with Gasteiger partial charge in [-0.3, -0.25) is 20.4 Å². The number of sulfonamides is 1. The number of carbonyl (C=O) groups excluding carboxylic acids is 2. The van der Waals surface area contributed by atoms with Crippen molar-refractivity contribution in [3.8, 4) is 5.75 Å². The van der Waals surface area contributed by atoms with Crippen molar-refractivity contribution < 1.29 is 27.1 Å². The topological polar surface area (TPSA) is 114 Å². The second-order valence-corrected chi connectivity index (χ2v) is 7.45. The standard InChI is InChI=1S/C18H20FN3O5S/c1-3-20-28(25,26)16-10-4-13(5-11-16)18(24)22-21-17(23)12(2)27-15-8-6-14(19)7-9-15/h4-12,20H,3H2,1-2H3,(H,21,23)(H,22,24)/t12-/m0/s1. The van der Waals surface area contributed by atoms with Gasteiger partial charge in [0.1, 0.15) is 11.6 Å². The molecule has 0 spiro atoms. The monoisotopic (exact) mass is 409 g/mol. The van der Waals surface area contributed by atoms with Crippen LogP contribution in [0.2, 0.25) is 0 Å². The summed E-state index contributed by atoms with van der Waals surface area (Å²) in [6.45, 7) is 3.36. The summed E-state index contributed by atoms with van der Waals surface area (Å²) < 4.78 is 44.3. The van der Waals surface area contributed by atoms with E-state index in [1.807, 2.05) is 0 Å². The van der Waals surface area contributed by atoms with Gasteiger partial charge in [-0.25, -0.2) is 17.5 Å². The molecule has 3 N–H and O–H groups in total. The lowest BCUT2D eigenvalue weighted by molar-refractivity contribution is -0.128. The summed E-state index contributed by atoms with van der Waals surface area (Å²) in [4.78, 5) is 24.1. The summed E-state index contributed by atoms with van der Waals surface area (Å²) in [6.07, 6.45) is -0.946. The molecule has 0 aliphatic carbocycles. The van der Waals surface area contributed by atoms with Crippen LogP contribution in [0.25, 0.3) is 0 Å². The van der Waals surface area contributed by atoms with Crippen molar-refractivity contribution in [1.29, 1.82) is 0 Å². The Morgan fingerprint density at radius 1 is 1.04 bits per heavy atom. The second kappa shape index (κ2) is 9.29. The highest BCUT2D eigenvalue weighted by atomic mass is 32.2. The zero-order valence-corrected chi connectivity index (χ0v) is 16.0. The fraction of sp³-hybridized carbons (Fsp3) is 0.222. The minimum atomic E-state index is -3.61. The molecule has 150 valence electrons. The molecule has 0 saturated carbocycles. The van der Waals surface area contributed by atoms with Crippen LogP contribution in [-0.2, 0) is 14.8 Å². The van der Waals surface area contributed by atoms with Crippen LogP contribution in [0.3, 0.4) is 0 Å².